The summed E-state index contributed by atoms with van der Waals surface area (Å²) < 4.78 is 10.5. The summed E-state index contributed by atoms with van der Waals surface area (Å²) in [6.07, 6.45) is 0. The van der Waals surface area contributed by atoms with Crippen LogP contribution in [0.5, 0.6) is 11.5 Å². The van der Waals surface area contributed by atoms with Crippen molar-refractivity contribution in [1.82, 2.24) is 0 Å². The molecule has 0 spiro atoms. The monoisotopic (exact) mass is 311 g/mol. The third-order valence-corrected chi connectivity index (χ3v) is 3.59. The molecular formula is C15H15Cl2NO2. The molecule has 0 aromatic heterocycles. The Hall–Kier alpha value is -1.42. The SMILES string of the molecule is COc1cc(OC)cc(C(N)c2ccc(Cl)cc2Cl)c1. The summed E-state index contributed by atoms with van der Waals surface area (Å²) in [6.45, 7) is 0. The summed E-state index contributed by atoms with van der Waals surface area (Å²) in [5.41, 5.74) is 7.93. The molecule has 2 aromatic rings. The van der Waals surface area contributed by atoms with Gasteiger partial charge in [-0.25, -0.2) is 0 Å². The molecule has 3 nitrogen and oxygen atoms in total. The van der Waals surface area contributed by atoms with Gasteiger partial charge < -0.3 is 15.2 Å². The van der Waals surface area contributed by atoms with Crippen molar-refractivity contribution in [3.8, 4) is 11.5 Å². The molecule has 0 aliphatic rings. The van der Waals surface area contributed by atoms with Gasteiger partial charge in [0.1, 0.15) is 11.5 Å². The molecule has 2 rings (SSSR count). The van der Waals surface area contributed by atoms with E-state index in [4.69, 9.17) is 38.4 Å². The second-order valence-corrected chi connectivity index (χ2v) is 5.13. The zero-order chi connectivity index (χ0) is 14.7. The number of hydrogen-bond donors (Lipinski definition) is 1. The van der Waals surface area contributed by atoms with E-state index in [-0.39, 0.29) is 6.04 Å². The number of rotatable bonds is 4. The van der Waals surface area contributed by atoms with Gasteiger partial charge in [0.15, 0.2) is 0 Å². The molecule has 0 amide bonds. The maximum absolute atomic E-state index is 6.28. The minimum absolute atomic E-state index is 0.385. The first kappa shape index (κ1) is 15.0. The fraction of sp³-hybridized carbons (Fsp3) is 0.200. The lowest BCUT2D eigenvalue weighted by atomic mass is 9.99. The molecule has 2 aromatic carbocycles. The molecule has 5 heteroatoms. The molecule has 0 bridgehead atoms. The van der Waals surface area contributed by atoms with Crippen LogP contribution in [0, 0.1) is 0 Å². The van der Waals surface area contributed by atoms with Gasteiger partial charge in [0, 0.05) is 16.1 Å². The first-order valence-electron chi connectivity index (χ1n) is 5.98. The zero-order valence-corrected chi connectivity index (χ0v) is 12.7. The van der Waals surface area contributed by atoms with Gasteiger partial charge >= 0.3 is 0 Å². The highest BCUT2D eigenvalue weighted by molar-refractivity contribution is 6.35. The largest absolute Gasteiger partial charge is 0.497 e. The van der Waals surface area contributed by atoms with E-state index in [2.05, 4.69) is 0 Å². The zero-order valence-electron chi connectivity index (χ0n) is 11.2. The van der Waals surface area contributed by atoms with Crippen LogP contribution in [-0.2, 0) is 0 Å². The van der Waals surface area contributed by atoms with Gasteiger partial charge in [0.25, 0.3) is 0 Å². The number of nitrogens with two attached hydrogens (primary N) is 1. The quantitative estimate of drug-likeness (QED) is 0.926. The molecule has 0 fully saturated rings. The van der Waals surface area contributed by atoms with Crippen LogP contribution in [0.3, 0.4) is 0 Å². The second-order valence-electron chi connectivity index (χ2n) is 4.29. The van der Waals surface area contributed by atoms with Crippen molar-refractivity contribution >= 4 is 23.2 Å². The van der Waals surface area contributed by atoms with E-state index in [0.717, 1.165) is 11.1 Å². The fourth-order valence-corrected chi connectivity index (χ4v) is 2.47. The Kier molecular flexibility index (Phi) is 4.76. The van der Waals surface area contributed by atoms with Crippen LogP contribution in [0.1, 0.15) is 17.2 Å². The van der Waals surface area contributed by atoms with E-state index in [0.29, 0.717) is 21.5 Å². The molecule has 1 unspecified atom stereocenters. The molecular weight excluding hydrogens is 297 g/mol. The third-order valence-electron chi connectivity index (χ3n) is 3.03. The summed E-state index contributed by atoms with van der Waals surface area (Å²) in [6, 6.07) is 10.4. The first-order valence-corrected chi connectivity index (χ1v) is 6.74. The van der Waals surface area contributed by atoms with Crippen LogP contribution in [0.4, 0.5) is 0 Å². The van der Waals surface area contributed by atoms with E-state index in [9.17, 15) is 0 Å². The van der Waals surface area contributed by atoms with Crippen LogP contribution in [0.15, 0.2) is 36.4 Å². The van der Waals surface area contributed by atoms with Crippen molar-refractivity contribution in [2.75, 3.05) is 14.2 Å². The normalized spacial score (nSPS) is 12.1. The van der Waals surface area contributed by atoms with Gasteiger partial charge in [0.2, 0.25) is 0 Å². The lowest BCUT2D eigenvalue weighted by Crippen LogP contribution is -2.12. The Morgan fingerprint density at radius 1 is 0.950 bits per heavy atom. The number of hydrogen-bond acceptors (Lipinski definition) is 3. The lowest BCUT2D eigenvalue weighted by Gasteiger charge is -2.16. The summed E-state index contributed by atoms with van der Waals surface area (Å²) in [5, 5.41) is 1.11. The van der Waals surface area contributed by atoms with Gasteiger partial charge in [-0.2, -0.15) is 0 Å². The van der Waals surface area contributed by atoms with Gasteiger partial charge in [-0.05, 0) is 35.4 Å². The van der Waals surface area contributed by atoms with Crippen LogP contribution in [-0.4, -0.2) is 14.2 Å². The summed E-state index contributed by atoms with van der Waals surface area (Å²) in [5.74, 6) is 1.36. The van der Waals surface area contributed by atoms with Crippen LogP contribution in [0.25, 0.3) is 0 Å². The highest BCUT2D eigenvalue weighted by atomic mass is 35.5. The average Bonchev–Trinajstić information content (AvgIpc) is 2.46. The predicted octanol–water partition coefficient (Wildman–Crippen LogP) is 4.06. The number of methoxy groups -OCH3 is 2. The molecule has 0 saturated heterocycles. The average molecular weight is 312 g/mol. The Labute approximate surface area is 128 Å². The standard InChI is InChI=1S/C15H15Cl2NO2/c1-19-11-5-9(6-12(8-11)20-2)15(18)13-4-3-10(16)7-14(13)17/h3-8,15H,18H2,1-2H3. The van der Waals surface area contributed by atoms with Crippen LogP contribution < -0.4 is 15.2 Å². The summed E-state index contributed by atoms with van der Waals surface area (Å²) in [4.78, 5) is 0. The van der Waals surface area contributed by atoms with Gasteiger partial charge in [0.05, 0.1) is 20.3 Å². The van der Waals surface area contributed by atoms with Gasteiger partial charge in [-0.3, -0.25) is 0 Å². The van der Waals surface area contributed by atoms with Crippen molar-refractivity contribution in [2.24, 2.45) is 5.73 Å². The Morgan fingerprint density at radius 3 is 2.05 bits per heavy atom. The molecule has 106 valence electrons. The molecule has 20 heavy (non-hydrogen) atoms. The minimum Gasteiger partial charge on any atom is -0.497 e. The highest BCUT2D eigenvalue weighted by Crippen LogP contribution is 2.32. The van der Waals surface area contributed by atoms with E-state index in [1.54, 1.807) is 32.4 Å². The van der Waals surface area contributed by atoms with Crippen molar-refractivity contribution in [1.29, 1.82) is 0 Å². The van der Waals surface area contributed by atoms with Crippen LogP contribution >= 0.6 is 23.2 Å². The predicted molar refractivity (Wildman–Crippen MR) is 82.0 cm³/mol. The Balaban J connectivity index is 2.44. The van der Waals surface area contributed by atoms with Gasteiger partial charge in [-0.15, -0.1) is 0 Å². The van der Waals surface area contributed by atoms with Crippen LogP contribution in [0.2, 0.25) is 10.0 Å². The maximum atomic E-state index is 6.28. The van der Waals surface area contributed by atoms with E-state index < -0.39 is 0 Å². The molecule has 0 aliphatic heterocycles. The summed E-state index contributed by atoms with van der Waals surface area (Å²) in [7, 11) is 3.19. The van der Waals surface area contributed by atoms with E-state index in [1.807, 2.05) is 18.2 Å². The molecule has 2 N–H and O–H groups in total. The Bertz CT molecular complexity index is 595. The van der Waals surface area contributed by atoms with Crippen molar-refractivity contribution in [3.05, 3.63) is 57.6 Å². The lowest BCUT2D eigenvalue weighted by molar-refractivity contribution is 0.393. The fourth-order valence-electron chi connectivity index (χ4n) is 1.94. The summed E-state index contributed by atoms with van der Waals surface area (Å²) >= 11 is 12.1. The Morgan fingerprint density at radius 2 is 1.55 bits per heavy atom. The molecule has 0 aliphatic carbocycles. The molecule has 0 heterocycles. The topological polar surface area (TPSA) is 44.5 Å². The molecule has 1 atom stereocenters. The number of benzene rings is 2. The number of ether oxygens (including phenoxy) is 2. The maximum Gasteiger partial charge on any atom is 0.122 e. The number of halogens is 2. The third kappa shape index (κ3) is 3.18. The van der Waals surface area contributed by atoms with Crippen molar-refractivity contribution in [2.45, 2.75) is 6.04 Å². The first-order chi connectivity index (χ1) is 9.55. The smallest absolute Gasteiger partial charge is 0.122 e. The minimum atomic E-state index is -0.385. The van der Waals surface area contributed by atoms with Gasteiger partial charge in [-0.1, -0.05) is 29.3 Å². The van der Waals surface area contributed by atoms with E-state index in [1.165, 1.54) is 0 Å². The molecule has 0 radical (unpaired) electrons. The van der Waals surface area contributed by atoms with Crippen molar-refractivity contribution < 1.29 is 9.47 Å². The van der Waals surface area contributed by atoms with Crippen molar-refractivity contribution in [3.63, 3.8) is 0 Å². The highest BCUT2D eigenvalue weighted by Gasteiger charge is 2.15. The second kappa shape index (κ2) is 6.35. The van der Waals surface area contributed by atoms with E-state index >= 15 is 0 Å². The molecule has 0 saturated carbocycles.